The lowest BCUT2D eigenvalue weighted by molar-refractivity contribution is -0.141. The fourth-order valence-electron chi connectivity index (χ4n) is 1.71. The van der Waals surface area contributed by atoms with Crippen molar-refractivity contribution in [3.63, 3.8) is 0 Å². The Hall–Kier alpha value is -0.680. The van der Waals surface area contributed by atoms with Crippen molar-refractivity contribution in [3.05, 3.63) is 0 Å². The van der Waals surface area contributed by atoms with Crippen molar-refractivity contribution < 1.29 is 19.0 Å². The second-order valence-corrected chi connectivity index (χ2v) is 4.03. The summed E-state index contributed by atoms with van der Waals surface area (Å²) in [5, 5.41) is 8.64. The van der Waals surface area contributed by atoms with Crippen molar-refractivity contribution in [1.29, 1.82) is 0 Å². The van der Waals surface area contributed by atoms with Crippen molar-refractivity contribution in [3.8, 4) is 0 Å². The molecule has 1 amide bonds. The third-order valence-electron chi connectivity index (χ3n) is 2.42. The van der Waals surface area contributed by atoms with E-state index < -0.39 is 24.8 Å². The first-order chi connectivity index (χ1) is 7.04. The molecule has 4 nitrogen and oxygen atoms in total. The first kappa shape index (κ1) is 12.4. The number of aliphatic hydroxyl groups excluding tert-OH is 1. The van der Waals surface area contributed by atoms with Gasteiger partial charge < -0.3 is 14.7 Å². The van der Waals surface area contributed by atoms with Gasteiger partial charge in [-0.2, -0.15) is 0 Å². The number of aliphatic hydroxyl groups is 1. The second kappa shape index (κ2) is 5.42. The van der Waals surface area contributed by atoms with Gasteiger partial charge >= 0.3 is 0 Å². The highest BCUT2D eigenvalue weighted by Gasteiger charge is 2.32. The summed E-state index contributed by atoms with van der Waals surface area (Å²) in [6.07, 6.45) is -1.09. The number of amides is 1. The molecular formula is C10H18FNO3. The lowest BCUT2D eigenvalue weighted by atomic mass is 10.1. The molecule has 0 aromatic rings. The minimum Gasteiger partial charge on any atom is -0.387 e. The van der Waals surface area contributed by atoms with Gasteiger partial charge in [-0.25, -0.2) is 4.39 Å². The molecule has 1 aliphatic heterocycles. The number of carbonyl (C=O) groups is 1. The molecule has 0 aromatic heterocycles. The quantitative estimate of drug-likeness (QED) is 0.744. The van der Waals surface area contributed by atoms with E-state index in [4.69, 9.17) is 9.84 Å². The maximum absolute atomic E-state index is 13.6. The lowest BCUT2D eigenvalue weighted by Gasteiger charge is -2.35. The van der Waals surface area contributed by atoms with E-state index in [1.807, 2.05) is 13.8 Å². The number of halogens is 1. The van der Waals surface area contributed by atoms with Gasteiger partial charge in [-0.3, -0.25) is 4.79 Å². The Morgan fingerprint density at radius 3 is 2.80 bits per heavy atom. The third kappa shape index (κ3) is 3.43. The van der Waals surface area contributed by atoms with Crippen LogP contribution in [0.2, 0.25) is 0 Å². The van der Waals surface area contributed by atoms with E-state index >= 15 is 0 Å². The summed E-state index contributed by atoms with van der Waals surface area (Å²) in [5.41, 5.74) is 0. The van der Waals surface area contributed by atoms with E-state index in [0.717, 1.165) is 0 Å². The Morgan fingerprint density at radius 1 is 1.67 bits per heavy atom. The molecule has 0 saturated carbocycles. The van der Waals surface area contributed by atoms with Crippen LogP contribution >= 0.6 is 0 Å². The molecule has 1 N–H and O–H groups in total. The van der Waals surface area contributed by atoms with E-state index in [2.05, 4.69) is 0 Å². The standard InChI is InChI=1S/C10H18FNO3/c1-7(2)15-9-3-4-12(5-8(9)11)10(14)6-13/h7-9,13H,3-6H2,1-2H3/t8-,9?/m0/s1. The molecule has 1 unspecified atom stereocenters. The van der Waals surface area contributed by atoms with Gasteiger partial charge in [0, 0.05) is 6.54 Å². The highest BCUT2D eigenvalue weighted by molar-refractivity contribution is 5.77. The molecule has 0 radical (unpaired) electrons. The predicted octanol–water partition coefficient (Wildman–Crippen LogP) is 0.343. The summed E-state index contributed by atoms with van der Waals surface area (Å²) in [5.74, 6) is -0.416. The van der Waals surface area contributed by atoms with Crippen LogP contribution < -0.4 is 0 Å². The summed E-state index contributed by atoms with van der Waals surface area (Å²) in [6, 6.07) is 0. The molecule has 1 saturated heterocycles. The average Bonchev–Trinajstić information content (AvgIpc) is 2.19. The number of alkyl halides is 1. The average molecular weight is 219 g/mol. The Balaban J connectivity index is 2.44. The number of piperidine rings is 1. The Bertz CT molecular complexity index is 223. The fourth-order valence-corrected chi connectivity index (χ4v) is 1.71. The normalized spacial score (nSPS) is 27.1. The zero-order valence-electron chi connectivity index (χ0n) is 9.15. The maximum Gasteiger partial charge on any atom is 0.248 e. The van der Waals surface area contributed by atoms with Crippen LogP contribution in [0.1, 0.15) is 20.3 Å². The number of nitrogens with zero attached hydrogens (tertiary/aromatic N) is 1. The summed E-state index contributed by atoms with van der Waals surface area (Å²) in [4.78, 5) is 12.4. The monoisotopic (exact) mass is 219 g/mol. The largest absolute Gasteiger partial charge is 0.387 e. The van der Waals surface area contributed by atoms with Crippen molar-refractivity contribution in [2.45, 2.75) is 38.6 Å². The van der Waals surface area contributed by atoms with Gasteiger partial charge in [-0.1, -0.05) is 0 Å². The first-order valence-corrected chi connectivity index (χ1v) is 5.22. The minimum atomic E-state index is -1.16. The SMILES string of the molecule is CC(C)OC1CCN(C(=O)CO)C[C@@H]1F. The molecule has 0 spiro atoms. The minimum absolute atomic E-state index is 0.00616. The van der Waals surface area contributed by atoms with Crippen LogP contribution in [0.25, 0.3) is 0 Å². The Labute approximate surface area is 89.0 Å². The summed E-state index contributed by atoms with van der Waals surface area (Å²) >= 11 is 0. The molecule has 2 atom stereocenters. The number of likely N-dealkylation sites (tertiary alicyclic amines) is 1. The molecular weight excluding hydrogens is 201 g/mol. The summed E-state index contributed by atoms with van der Waals surface area (Å²) < 4.78 is 18.9. The molecule has 88 valence electrons. The van der Waals surface area contributed by atoms with E-state index in [1.165, 1.54) is 4.90 Å². The predicted molar refractivity (Wildman–Crippen MR) is 53.2 cm³/mol. The number of hydrogen-bond donors (Lipinski definition) is 1. The van der Waals surface area contributed by atoms with Crippen LogP contribution in [-0.4, -0.2) is 54.0 Å². The van der Waals surface area contributed by atoms with Crippen LogP contribution in [0.15, 0.2) is 0 Å². The number of rotatable bonds is 3. The highest BCUT2D eigenvalue weighted by atomic mass is 19.1. The molecule has 1 rings (SSSR count). The van der Waals surface area contributed by atoms with E-state index in [1.54, 1.807) is 0 Å². The number of carbonyl (C=O) groups excluding carboxylic acids is 1. The van der Waals surface area contributed by atoms with E-state index in [-0.39, 0.29) is 12.6 Å². The van der Waals surface area contributed by atoms with E-state index in [0.29, 0.717) is 13.0 Å². The molecule has 0 aliphatic carbocycles. The van der Waals surface area contributed by atoms with E-state index in [9.17, 15) is 9.18 Å². The molecule has 0 bridgehead atoms. The highest BCUT2D eigenvalue weighted by Crippen LogP contribution is 2.18. The molecule has 1 aliphatic rings. The van der Waals surface area contributed by atoms with Gasteiger partial charge in [-0.05, 0) is 20.3 Å². The molecule has 1 fully saturated rings. The van der Waals surface area contributed by atoms with Crippen molar-refractivity contribution in [2.24, 2.45) is 0 Å². The van der Waals surface area contributed by atoms with Crippen molar-refractivity contribution in [2.75, 3.05) is 19.7 Å². The number of hydrogen-bond acceptors (Lipinski definition) is 3. The van der Waals surface area contributed by atoms with Crippen molar-refractivity contribution >= 4 is 5.91 Å². The Morgan fingerprint density at radius 2 is 2.33 bits per heavy atom. The maximum atomic E-state index is 13.6. The molecule has 1 heterocycles. The topological polar surface area (TPSA) is 49.8 Å². The van der Waals surface area contributed by atoms with Crippen LogP contribution in [-0.2, 0) is 9.53 Å². The number of ether oxygens (including phenoxy) is 1. The van der Waals surface area contributed by atoms with Gasteiger partial charge in [0.05, 0.1) is 18.8 Å². The molecule has 0 aromatic carbocycles. The smallest absolute Gasteiger partial charge is 0.248 e. The summed E-state index contributed by atoms with van der Waals surface area (Å²) in [7, 11) is 0. The summed E-state index contributed by atoms with van der Waals surface area (Å²) in [6.45, 7) is 3.65. The van der Waals surface area contributed by atoms with Gasteiger partial charge in [0.1, 0.15) is 12.8 Å². The van der Waals surface area contributed by atoms with Crippen LogP contribution in [0, 0.1) is 0 Å². The van der Waals surface area contributed by atoms with Crippen LogP contribution in [0.3, 0.4) is 0 Å². The van der Waals surface area contributed by atoms with Crippen LogP contribution in [0.4, 0.5) is 4.39 Å². The van der Waals surface area contributed by atoms with Crippen molar-refractivity contribution in [1.82, 2.24) is 4.90 Å². The second-order valence-electron chi connectivity index (χ2n) is 4.03. The van der Waals surface area contributed by atoms with Gasteiger partial charge in [0.2, 0.25) is 5.91 Å². The van der Waals surface area contributed by atoms with Gasteiger partial charge in [-0.15, -0.1) is 0 Å². The third-order valence-corrected chi connectivity index (χ3v) is 2.42. The molecule has 15 heavy (non-hydrogen) atoms. The molecule has 5 heteroatoms. The Kier molecular flexibility index (Phi) is 4.47. The van der Waals surface area contributed by atoms with Gasteiger partial charge in [0.15, 0.2) is 0 Å². The van der Waals surface area contributed by atoms with Crippen LogP contribution in [0.5, 0.6) is 0 Å². The first-order valence-electron chi connectivity index (χ1n) is 5.22. The zero-order chi connectivity index (χ0) is 11.4. The van der Waals surface area contributed by atoms with Gasteiger partial charge in [0.25, 0.3) is 0 Å². The zero-order valence-corrected chi connectivity index (χ0v) is 9.15. The fraction of sp³-hybridized carbons (Fsp3) is 0.900. The lowest BCUT2D eigenvalue weighted by Crippen LogP contribution is -2.49.